The van der Waals surface area contributed by atoms with Crippen LogP contribution < -0.4 is 0 Å². The second-order valence-corrected chi connectivity index (χ2v) is 5.36. The third-order valence-corrected chi connectivity index (χ3v) is 3.84. The fraction of sp³-hybridized carbons (Fsp3) is 0.316. The molecule has 1 aliphatic rings. The third-order valence-electron chi connectivity index (χ3n) is 3.84. The van der Waals surface area contributed by atoms with Crippen LogP contribution in [0.2, 0.25) is 0 Å². The van der Waals surface area contributed by atoms with Crippen LogP contribution in [-0.2, 0) is 14.3 Å². The van der Waals surface area contributed by atoms with Crippen LogP contribution in [0.15, 0.2) is 60.4 Å². The molecule has 22 heavy (non-hydrogen) atoms. The maximum absolute atomic E-state index is 11.8. The molecule has 0 saturated heterocycles. The molecule has 0 aliphatic carbocycles. The minimum atomic E-state index is -0.311. The molecule has 1 unspecified atom stereocenters. The summed E-state index contributed by atoms with van der Waals surface area (Å²) < 4.78 is 10.7. The summed E-state index contributed by atoms with van der Waals surface area (Å²) >= 11 is 0. The molecule has 0 N–H and O–H groups in total. The number of methoxy groups -OCH3 is 1. The SMILES string of the molecule is C=C(CC(=C)C1CC(C(=O)OC)=C(CC)O1)c1ccccc1. The zero-order chi connectivity index (χ0) is 16.1. The van der Waals surface area contributed by atoms with Gasteiger partial charge in [-0.15, -0.1) is 0 Å². The van der Waals surface area contributed by atoms with E-state index in [-0.39, 0.29) is 12.1 Å². The lowest BCUT2D eigenvalue weighted by atomic mass is 9.95. The van der Waals surface area contributed by atoms with E-state index in [1.807, 2.05) is 37.3 Å². The van der Waals surface area contributed by atoms with Crippen molar-refractivity contribution in [2.45, 2.75) is 32.3 Å². The van der Waals surface area contributed by atoms with E-state index in [4.69, 9.17) is 9.47 Å². The van der Waals surface area contributed by atoms with Gasteiger partial charge in [-0.25, -0.2) is 4.79 Å². The highest BCUT2D eigenvalue weighted by molar-refractivity contribution is 5.89. The molecule has 116 valence electrons. The van der Waals surface area contributed by atoms with Gasteiger partial charge in [0.15, 0.2) is 0 Å². The van der Waals surface area contributed by atoms with Gasteiger partial charge in [-0.05, 0) is 23.1 Å². The van der Waals surface area contributed by atoms with Gasteiger partial charge in [-0.1, -0.05) is 50.4 Å². The number of rotatable bonds is 6. The van der Waals surface area contributed by atoms with Crippen LogP contribution in [0.4, 0.5) is 0 Å². The second-order valence-electron chi connectivity index (χ2n) is 5.36. The fourth-order valence-corrected chi connectivity index (χ4v) is 2.59. The molecular formula is C19H22O3. The highest BCUT2D eigenvalue weighted by Gasteiger charge is 2.31. The molecule has 1 aromatic rings. The van der Waals surface area contributed by atoms with Crippen molar-refractivity contribution in [1.29, 1.82) is 0 Å². The Labute approximate surface area is 131 Å². The van der Waals surface area contributed by atoms with Gasteiger partial charge in [0.1, 0.15) is 11.9 Å². The second kappa shape index (κ2) is 7.12. The Morgan fingerprint density at radius 3 is 2.59 bits per heavy atom. The normalized spacial score (nSPS) is 17.1. The summed E-state index contributed by atoms with van der Waals surface area (Å²) in [7, 11) is 1.39. The fourth-order valence-electron chi connectivity index (χ4n) is 2.59. The van der Waals surface area contributed by atoms with E-state index in [1.165, 1.54) is 7.11 Å². The molecule has 1 atom stereocenters. The van der Waals surface area contributed by atoms with Crippen molar-refractivity contribution in [2.75, 3.05) is 7.11 Å². The molecule has 1 aromatic carbocycles. The lowest BCUT2D eigenvalue weighted by Crippen LogP contribution is -2.11. The van der Waals surface area contributed by atoms with Crippen molar-refractivity contribution in [3.05, 3.63) is 66.0 Å². The van der Waals surface area contributed by atoms with E-state index in [0.717, 1.165) is 16.7 Å². The predicted octanol–water partition coefficient (Wildman–Crippen LogP) is 4.27. The highest BCUT2D eigenvalue weighted by Crippen LogP contribution is 2.34. The molecule has 2 rings (SSSR count). The van der Waals surface area contributed by atoms with Crippen molar-refractivity contribution in [2.24, 2.45) is 0 Å². The van der Waals surface area contributed by atoms with Crippen molar-refractivity contribution in [1.82, 2.24) is 0 Å². The number of carbonyl (C=O) groups excluding carboxylic acids is 1. The monoisotopic (exact) mass is 298 g/mol. The first-order chi connectivity index (χ1) is 10.6. The van der Waals surface area contributed by atoms with Gasteiger partial charge in [-0.2, -0.15) is 0 Å². The van der Waals surface area contributed by atoms with E-state index >= 15 is 0 Å². The number of hydrogen-bond acceptors (Lipinski definition) is 3. The van der Waals surface area contributed by atoms with Gasteiger partial charge < -0.3 is 9.47 Å². The topological polar surface area (TPSA) is 35.5 Å². The minimum absolute atomic E-state index is 0.176. The lowest BCUT2D eigenvalue weighted by molar-refractivity contribution is -0.136. The molecule has 3 nitrogen and oxygen atoms in total. The number of ether oxygens (including phenoxy) is 2. The van der Waals surface area contributed by atoms with Crippen molar-refractivity contribution in [3.8, 4) is 0 Å². The first-order valence-electron chi connectivity index (χ1n) is 7.44. The van der Waals surface area contributed by atoms with Gasteiger partial charge >= 0.3 is 5.97 Å². The van der Waals surface area contributed by atoms with Crippen LogP contribution in [0.1, 0.15) is 31.7 Å². The van der Waals surface area contributed by atoms with Crippen LogP contribution in [0, 0.1) is 0 Å². The van der Waals surface area contributed by atoms with Crippen LogP contribution in [0.25, 0.3) is 5.57 Å². The van der Waals surface area contributed by atoms with Gasteiger partial charge in [0, 0.05) is 12.8 Å². The summed E-state index contributed by atoms with van der Waals surface area (Å²) in [5.74, 6) is 0.400. The van der Waals surface area contributed by atoms with Gasteiger partial charge in [-0.3, -0.25) is 0 Å². The number of allylic oxidation sites excluding steroid dienone is 2. The number of benzene rings is 1. The van der Waals surface area contributed by atoms with E-state index in [2.05, 4.69) is 13.2 Å². The Morgan fingerprint density at radius 2 is 2.00 bits per heavy atom. The van der Waals surface area contributed by atoms with Crippen LogP contribution in [0.5, 0.6) is 0 Å². The van der Waals surface area contributed by atoms with Crippen molar-refractivity contribution in [3.63, 3.8) is 0 Å². The van der Waals surface area contributed by atoms with Crippen LogP contribution in [0.3, 0.4) is 0 Å². The van der Waals surface area contributed by atoms with E-state index in [9.17, 15) is 4.79 Å². The summed E-state index contributed by atoms with van der Waals surface area (Å²) in [5, 5.41) is 0. The highest BCUT2D eigenvalue weighted by atomic mass is 16.5. The van der Waals surface area contributed by atoms with Crippen LogP contribution >= 0.6 is 0 Å². The smallest absolute Gasteiger partial charge is 0.337 e. The summed E-state index contributed by atoms with van der Waals surface area (Å²) in [6.07, 6.45) is 1.68. The maximum Gasteiger partial charge on any atom is 0.337 e. The Kier molecular flexibility index (Phi) is 5.21. The molecule has 0 spiro atoms. The Hall–Kier alpha value is -2.29. The van der Waals surface area contributed by atoms with E-state index in [0.29, 0.717) is 30.6 Å². The van der Waals surface area contributed by atoms with Crippen molar-refractivity contribution >= 4 is 11.5 Å². The Balaban J connectivity index is 2.01. The molecular weight excluding hydrogens is 276 g/mol. The molecule has 0 bridgehead atoms. The maximum atomic E-state index is 11.8. The largest absolute Gasteiger partial charge is 0.490 e. The first kappa shape index (κ1) is 16.1. The summed E-state index contributed by atoms with van der Waals surface area (Å²) in [4.78, 5) is 11.8. The zero-order valence-electron chi connectivity index (χ0n) is 13.2. The summed E-state index contributed by atoms with van der Waals surface area (Å²) in [5.41, 5.74) is 3.65. The molecule has 0 radical (unpaired) electrons. The number of carbonyl (C=O) groups is 1. The quantitative estimate of drug-likeness (QED) is 0.581. The number of hydrogen-bond donors (Lipinski definition) is 0. The molecule has 0 saturated carbocycles. The predicted molar refractivity (Wildman–Crippen MR) is 88.1 cm³/mol. The summed E-state index contributed by atoms with van der Waals surface area (Å²) in [6, 6.07) is 10.0. The molecule has 1 aliphatic heterocycles. The van der Waals surface area contributed by atoms with Crippen molar-refractivity contribution < 1.29 is 14.3 Å². The zero-order valence-corrected chi connectivity index (χ0v) is 13.2. The molecule has 0 fully saturated rings. The van der Waals surface area contributed by atoms with Gasteiger partial charge in [0.2, 0.25) is 0 Å². The average Bonchev–Trinajstić information content (AvgIpc) is 2.99. The summed E-state index contributed by atoms with van der Waals surface area (Å²) in [6.45, 7) is 10.2. The molecule has 1 heterocycles. The molecule has 0 amide bonds. The van der Waals surface area contributed by atoms with E-state index < -0.39 is 0 Å². The Bertz CT molecular complexity index is 611. The molecule has 0 aromatic heterocycles. The van der Waals surface area contributed by atoms with Crippen LogP contribution in [-0.4, -0.2) is 19.2 Å². The number of esters is 1. The minimum Gasteiger partial charge on any atom is -0.490 e. The Morgan fingerprint density at radius 1 is 1.32 bits per heavy atom. The standard InChI is InChI=1S/C19H22O3/c1-5-17-16(19(20)21-4)12-18(22-17)14(3)11-13(2)15-9-7-6-8-10-15/h6-10,18H,2-3,5,11-12H2,1,4H3. The lowest BCUT2D eigenvalue weighted by Gasteiger charge is -2.16. The van der Waals surface area contributed by atoms with E-state index in [1.54, 1.807) is 0 Å². The van der Waals surface area contributed by atoms with Gasteiger partial charge in [0.25, 0.3) is 0 Å². The average molecular weight is 298 g/mol. The first-order valence-corrected chi connectivity index (χ1v) is 7.44. The van der Waals surface area contributed by atoms with Gasteiger partial charge in [0.05, 0.1) is 12.7 Å². The third kappa shape index (κ3) is 3.48. The molecule has 3 heteroatoms.